The zero-order chi connectivity index (χ0) is 23.2. The lowest BCUT2D eigenvalue weighted by Gasteiger charge is -2.37. The van der Waals surface area contributed by atoms with E-state index in [4.69, 9.17) is 4.74 Å². The van der Waals surface area contributed by atoms with Crippen molar-refractivity contribution in [3.63, 3.8) is 0 Å². The third-order valence-electron chi connectivity index (χ3n) is 4.73. The number of fused-ring (bicyclic) bond motifs is 1. The van der Waals surface area contributed by atoms with Crippen molar-refractivity contribution >= 4 is 29.3 Å². The second-order valence-electron chi connectivity index (χ2n) is 8.47. The Balaban J connectivity index is 0.000000360. The quantitative estimate of drug-likeness (QED) is 0.449. The van der Waals surface area contributed by atoms with E-state index in [0.717, 1.165) is 16.5 Å². The zero-order valence-corrected chi connectivity index (χ0v) is 18.3. The molecule has 32 heavy (non-hydrogen) atoms. The van der Waals surface area contributed by atoms with Gasteiger partial charge in [-0.25, -0.2) is 9.78 Å². The number of nitrogens with zero attached hydrogens (tertiary/aromatic N) is 1. The van der Waals surface area contributed by atoms with E-state index in [1.54, 1.807) is 18.5 Å². The maximum Gasteiger partial charge on any atom is 0.412 e. The van der Waals surface area contributed by atoms with E-state index in [9.17, 15) is 14.7 Å². The molecule has 1 aromatic carbocycles. The van der Waals surface area contributed by atoms with Crippen LogP contribution in [0.5, 0.6) is 0 Å². The highest BCUT2D eigenvalue weighted by Gasteiger charge is 2.38. The van der Waals surface area contributed by atoms with Crippen LogP contribution < -0.4 is 10.6 Å². The topological polar surface area (TPSA) is 126 Å². The fourth-order valence-corrected chi connectivity index (χ4v) is 3.03. The van der Waals surface area contributed by atoms with Crippen molar-refractivity contribution in [2.75, 3.05) is 18.4 Å². The fourth-order valence-electron chi connectivity index (χ4n) is 3.03. The highest BCUT2D eigenvalue weighted by atomic mass is 16.5. The molecular weight excluding hydrogens is 412 g/mol. The van der Waals surface area contributed by atoms with Crippen LogP contribution in [0.2, 0.25) is 0 Å². The second kappa shape index (κ2) is 9.80. The molecule has 1 aliphatic rings. The van der Waals surface area contributed by atoms with E-state index in [-0.39, 0.29) is 12.2 Å². The molecular formula is C23H28N4O5. The first-order valence-electron chi connectivity index (χ1n) is 10.2. The molecule has 0 atom stereocenters. The van der Waals surface area contributed by atoms with Crippen LogP contribution in [-0.2, 0) is 26.5 Å². The summed E-state index contributed by atoms with van der Waals surface area (Å²) in [6.07, 6.45) is 2.76. The highest BCUT2D eigenvalue weighted by Crippen LogP contribution is 2.32. The lowest BCUT2D eigenvalue weighted by molar-refractivity contribution is -0.138. The van der Waals surface area contributed by atoms with Crippen molar-refractivity contribution < 1.29 is 24.2 Å². The lowest BCUT2D eigenvalue weighted by atomic mass is 9.88. The molecule has 1 saturated heterocycles. The van der Waals surface area contributed by atoms with Crippen LogP contribution in [0.3, 0.4) is 0 Å². The largest absolute Gasteiger partial charge is 0.462 e. The zero-order valence-electron chi connectivity index (χ0n) is 18.3. The van der Waals surface area contributed by atoms with Crippen molar-refractivity contribution in [1.82, 2.24) is 15.3 Å². The van der Waals surface area contributed by atoms with E-state index in [1.165, 1.54) is 0 Å². The first-order chi connectivity index (χ1) is 15.2. The molecule has 1 fully saturated rings. The van der Waals surface area contributed by atoms with Crippen LogP contribution in [0.4, 0.5) is 10.5 Å². The Kier molecular flexibility index (Phi) is 7.12. The van der Waals surface area contributed by atoms with Crippen LogP contribution in [-0.4, -0.2) is 46.3 Å². The van der Waals surface area contributed by atoms with E-state index in [1.807, 2.05) is 51.1 Å². The number of hydrogen-bond acceptors (Lipinski definition) is 7. The minimum atomic E-state index is -0.896. The summed E-state index contributed by atoms with van der Waals surface area (Å²) in [6, 6.07) is 11.3. The van der Waals surface area contributed by atoms with E-state index < -0.39 is 11.7 Å². The smallest absolute Gasteiger partial charge is 0.412 e. The van der Waals surface area contributed by atoms with Crippen molar-refractivity contribution in [3.8, 4) is 0 Å². The molecule has 4 rings (SSSR count). The normalized spacial score (nSPS) is 14.5. The van der Waals surface area contributed by atoms with Crippen molar-refractivity contribution in [3.05, 3.63) is 59.9 Å². The maximum absolute atomic E-state index is 12.0. The molecule has 3 heterocycles. The van der Waals surface area contributed by atoms with Crippen LogP contribution >= 0.6 is 0 Å². The van der Waals surface area contributed by atoms with Crippen LogP contribution in [0, 0.1) is 0 Å². The van der Waals surface area contributed by atoms with Crippen LogP contribution in [0.1, 0.15) is 31.9 Å². The molecule has 1 aliphatic heterocycles. The number of anilines is 1. The SMILES string of the molecule is CC(C)(C)OC=O.O=C(Nc1cnc2[nH]cc(C3(O)CNC3)c2c1)OCc1ccccc1. The number of rotatable bonds is 5. The van der Waals surface area contributed by atoms with Gasteiger partial charge in [-0.2, -0.15) is 0 Å². The van der Waals surface area contributed by atoms with Gasteiger partial charge in [0, 0.05) is 30.2 Å². The summed E-state index contributed by atoms with van der Waals surface area (Å²) in [5.41, 5.74) is 1.66. The molecule has 0 radical (unpaired) electrons. The molecule has 0 saturated carbocycles. The number of benzene rings is 1. The van der Waals surface area contributed by atoms with Crippen molar-refractivity contribution in [2.24, 2.45) is 0 Å². The minimum absolute atomic E-state index is 0.198. The number of ether oxygens (including phenoxy) is 2. The van der Waals surface area contributed by atoms with Gasteiger partial charge in [0.2, 0.25) is 0 Å². The second-order valence-corrected chi connectivity index (χ2v) is 8.47. The van der Waals surface area contributed by atoms with Crippen LogP contribution in [0.15, 0.2) is 48.8 Å². The molecule has 0 bridgehead atoms. The first-order valence-corrected chi connectivity index (χ1v) is 10.2. The van der Waals surface area contributed by atoms with Gasteiger partial charge < -0.3 is 24.9 Å². The number of carbonyl (C=O) groups is 2. The number of pyridine rings is 1. The molecule has 0 unspecified atom stereocenters. The predicted molar refractivity (Wildman–Crippen MR) is 120 cm³/mol. The summed E-state index contributed by atoms with van der Waals surface area (Å²) in [7, 11) is 0. The fraction of sp³-hybridized carbons (Fsp3) is 0.348. The van der Waals surface area contributed by atoms with Crippen molar-refractivity contribution in [2.45, 2.75) is 38.6 Å². The number of β-amino-alcohol motifs (C(OH)–C–C–N with tert-alkyl or cyclic N) is 1. The lowest BCUT2D eigenvalue weighted by Crippen LogP contribution is -2.56. The molecule has 0 spiro atoms. The Hall–Kier alpha value is -3.43. The standard InChI is InChI=1S/C18H18N4O3.C5H10O2/c23-17(25-9-12-4-2-1-3-5-12)22-13-6-14-15(18(24)10-19-11-18)8-21-16(14)20-7-13;1-5(2,3)7-4-6/h1-8,19,24H,9-11H2,(H,20,21)(H,22,23);4H,1-3H3. The van der Waals surface area contributed by atoms with E-state index in [0.29, 0.717) is 30.9 Å². The van der Waals surface area contributed by atoms with E-state index >= 15 is 0 Å². The van der Waals surface area contributed by atoms with Gasteiger partial charge in [0.1, 0.15) is 23.5 Å². The van der Waals surface area contributed by atoms with Gasteiger partial charge in [0.05, 0.1) is 11.9 Å². The number of H-pyrrole nitrogens is 1. The molecule has 9 heteroatoms. The molecule has 4 N–H and O–H groups in total. The summed E-state index contributed by atoms with van der Waals surface area (Å²) in [5.74, 6) is 0. The summed E-state index contributed by atoms with van der Waals surface area (Å²) in [4.78, 5) is 28.9. The molecule has 170 valence electrons. The maximum atomic E-state index is 12.0. The monoisotopic (exact) mass is 440 g/mol. The van der Waals surface area contributed by atoms with Gasteiger partial charge in [0.15, 0.2) is 0 Å². The molecule has 1 amide bonds. The Morgan fingerprint density at radius 1 is 1.28 bits per heavy atom. The van der Waals surface area contributed by atoms with E-state index in [2.05, 4.69) is 25.3 Å². The Morgan fingerprint density at radius 3 is 2.56 bits per heavy atom. The third-order valence-corrected chi connectivity index (χ3v) is 4.73. The number of aromatic amines is 1. The van der Waals surface area contributed by atoms with Gasteiger partial charge >= 0.3 is 6.09 Å². The average molecular weight is 441 g/mol. The van der Waals surface area contributed by atoms with Gasteiger partial charge in [-0.05, 0) is 32.4 Å². The summed E-state index contributed by atoms with van der Waals surface area (Å²) >= 11 is 0. The van der Waals surface area contributed by atoms with Gasteiger partial charge in [-0.3, -0.25) is 10.1 Å². The molecule has 2 aromatic heterocycles. The number of amides is 1. The van der Waals surface area contributed by atoms with Gasteiger partial charge in [-0.15, -0.1) is 0 Å². The summed E-state index contributed by atoms with van der Waals surface area (Å²) in [5, 5.41) is 17.0. The Labute approximate surface area is 186 Å². The number of nitrogens with one attached hydrogen (secondary N) is 3. The minimum Gasteiger partial charge on any atom is -0.462 e. The first kappa shape index (κ1) is 23.2. The Bertz CT molecular complexity index is 1060. The summed E-state index contributed by atoms with van der Waals surface area (Å²) in [6.45, 7) is 7.11. The van der Waals surface area contributed by atoms with Gasteiger partial charge in [-0.1, -0.05) is 30.3 Å². The summed E-state index contributed by atoms with van der Waals surface area (Å²) < 4.78 is 9.76. The van der Waals surface area contributed by atoms with Crippen molar-refractivity contribution in [1.29, 1.82) is 0 Å². The molecule has 0 aliphatic carbocycles. The highest BCUT2D eigenvalue weighted by molar-refractivity contribution is 5.90. The Morgan fingerprint density at radius 2 is 2.00 bits per heavy atom. The molecule has 3 aromatic rings. The molecule has 9 nitrogen and oxygen atoms in total. The van der Waals surface area contributed by atoms with Gasteiger partial charge in [0.25, 0.3) is 6.47 Å². The number of hydrogen-bond donors (Lipinski definition) is 4. The number of aromatic nitrogens is 2. The number of carbonyl (C=O) groups excluding carboxylic acids is 2. The third kappa shape index (κ3) is 6.05. The number of aliphatic hydroxyl groups is 1. The predicted octanol–water partition coefficient (Wildman–Crippen LogP) is 3.06. The van der Waals surface area contributed by atoms with Crippen LogP contribution in [0.25, 0.3) is 11.0 Å². The average Bonchev–Trinajstić information content (AvgIpc) is 3.14.